The normalized spacial score (nSPS) is 14.4. The fraction of sp³-hybridized carbons (Fsp3) is 0.0930. The first kappa shape index (κ1) is 29.1. The number of fused-ring (bicyclic) bond motifs is 6. The number of hydrogen-bond donors (Lipinski definition) is 0. The minimum Gasteiger partial charge on any atom is -0.244 e. The molecule has 0 aromatic heterocycles. The molecule has 0 aliphatic heterocycles. The van der Waals surface area contributed by atoms with Crippen LogP contribution in [0.4, 0.5) is 0 Å². The van der Waals surface area contributed by atoms with Crippen LogP contribution in [-0.4, -0.2) is 18.4 Å². The summed E-state index contributed by atoms with van der Waals surface area (Å²) in [5, 5.41) is 2.67. The van der Waals surface area contributed by atoms with Crippen molar-refractivity contribution in [3.05, 3.63) is 173 Å². The summed E-state index contributed by atoms with van der Waals surface area (Å²) in [5.74, 6) is 1.14. The molecule has 0 spiro atoms. The van der Waals surface area contributed by atoms with Crippen LogP contribution in [0.5, 0.6) is 0 Å². The van der Waals surface area contributed by atoms with Crippen LogP contribution in [-0.2, 0) is 12.8 Å². The lowest BCUT2D eigenvalue weighted by atomic mass is 9.85. The maximum atomic E-state index is 5.00. The molecule has 0 saturated heterocycles. The van der Waals surface area contributed by atoms with Crippen molar-refractivity contribution in [2.75, 3.05) is 0 Å². The molecule has 0 fully saturated rings. The lowest BCUT2D eigenvalue weighted by molar-refractivity contribution is 0.998. The quantitative estimate of drug-likeness (QED) is 0.105. The number of benzene rings is 5. The van der Waals surface area contributed by atoms with E-state index in [0.717, 1.165) is 30.4 Å². The van der Waals surface area contributed by atoms with Crippen LogP contribution in [0, 0.1) is 0 Å². The molecule has 222 valence electrons. The van der Waals surface area contributed by atoms with Gasteiger partial charge < -0.3 is 0 Å². The zero-order valence-electron chi connectivity index (χ0n) is 26.0. The van der Waals surface area contributed by atoms with E-state index >= 15 is 0 Å². The summed E-state index contributed by atoms with van der Waals surface area (Å²) in [4.78, 5) is 14.2. The Morgan fingerprint density at radius 1 is 0.761 bits per heavy atom. The highest BCUT2D eigenvalue weighted by atomic mass is 15.0. The number of aryl methyl sites for hydroxylation is 1. The van der Waals surface area contributed by atoms with Gasteiger partial charge in [0.1, 0.15) is 0 Å². The van der Waals surface area contributed by atoms with Crippen LogP contribution >= 0.6 is 0 Å². The van der Waals surface area contributed by atoms with Gasteiger partial charge in [0.2, 0.25) is 0 Å². The van der Waals surface area contributed by atoms with Crippen LogP contribution in [0.25, 0.3) is 39.1 Å². The monoisotopic (exact) mass is 593 g/mol. The van der Waals surface area contributed by atoms with Crippen molar-refractivity contribution in [3.63, 3.8) is 0 Å². The SMILES string of the molecule is C=N\C(=N/C(=N\C=C/C=C\C=C\C)c1cccc2c1-c1ccc(-c3cc4ccccc4c4c3C=CCC4)cc1C2)c1ccccc1. The van der Waals surface area contributed by atoms with Gasteiger partial charge in [0, 0.05) is 17.3 Å². The van der Waals surface area contributed by atoms with Crippen molar-refractivity contribution >= 4 is 35.2 Å². The van der Waals surface area contributed by atoms with Gasteiger partial charge in [-0.05, 0) is 100 Å². The summed E-state index contributed by atoms with van der Waals surface area (Å²) in [5.41, 5.74) is 12.3. The van der Waals surface area contributed by atoms with Gasteiger partial charge >= 0.3 is 0 Å². The second-order valence-electron chi connectivity index (χ2n) is 11.5. The number of hydrogen-bond acceptors (Lipinski definition) is 1. The lowest BCUT2D eigenvalue weighted by Crippen LogP contribution is -2.06. The fourth-order valence-electron chi connectivity index (χ4n) is 6.61. The van der Waals surface area contributed by atoms with Gasteiger partial charge in [-0.1, -0.05) is 127 Å². The van der Waals surface area contributed by atoms with Gasteiger partial charge in [-0.2, -0.15) is 0 Å². The zero-order chi connectivity index (χ0) is 31.3. The second kappa shape index (κ2) is 13.1. The molecule has 46 heavy (non-hydrogen) atoms. The maximum Gasteiger partial charge on any atom is 0.162 e. The highest BCUT2D eigenvalue weighted by Crippen LogP contribution is 2.43. The Morgan fingerprint density at radius 3 is 2.48 bits per heavy atom. The second-order valence-corrected chi connectivity index (χ2v) is 11.5. The Kier molecular flexibility index (Phi) is 8.30. The Balaban J connectivity index is 1.34. The third kappa shape index (κ3) is 5.64. The smallest absolute Gasteiger partial charge is 0.162 e. The van der Waals surface area contributed by atoms with E-state index in [2.05, 4.69) is 90.6 Å². The van der Waals surface area contributed by atoms with E-state index in [0.29, 0.717) is 11.7 Å². The molecule has 0 unspecified atom stereocenters. The highest BCUT2D eigenvalue weighted by Gasteiger charge is 2.25. The summed E-state index contributed by atoms with van der Waals surface area (Å²) in [6, 6.07) is 34.5. The van der Waals surface area contributed by atoms with E-state index < -0.39 is 0 Å². The molecule has 7 rings (SSSR count). The minimum atomic E-state index is 0.539. The molecular weight excluding hydrogens is 558 g/mol. The molecule has 2 aliphatic rings. The molecule has 5 aromatic carbocycles. The molecule has 3 nitrogen and oxygen atoms in total. The number of allylic oxidation sites excluding steroid dienone is 6. The van der Waals surface area contributed by atoms with Crippen molar-refractivity contribution in [1.82, 2.24) is 0 Å². The Hall–Kier alpha value is -5.67. The lowest BCUT2D eigenvalue weighted by Gasteiger charge is -2.19. The van der Waals surface area contributed by atoms with Crippen molar-refractivity contribution in [1.29, 1.82) is 0 Å². The van der Waals surface area contributed by atoms with Crippen LogP contribution < -0.4 is 0 Å². The minimum absolute atomic E-state index is 0.539. The molecule has 0 bridgehead atoms. The predicted molar refractivity (Wildman–Crippen MR) is 197 cm³/mol. The van der Waals surface area contributed by atoms with Crippen molar-refractivity contribution in [3.8, 4) is 22.3 Å². The molecule has 0 amide bonds. The first-order valence-electron chi connectivity index (χ1n) is 15.9. The molecule has 0 radical (unpaired) electrons. The van der Waals surface area contributed by atoms with Crippen LogP contribution in [0.3, 0.4) is 0 Å². The van der Waals surface area contributed by atoms with Gasteiger partial charge in [-0.25, -0.2) is 15.0 Å². The van der Waals surface area contributed by atoms with Gasteiger partial charge in [0.25, 0.3) is 0 Å². The summed E-state index contributed by atoms with van der Waals surface area (Å²) in [6.45, 7) is 5.83. The Morgan fingerprint density at radius 2 is 1.61 bits per heavy atom. The summed E-state index contributed by atoms with van der Waals surface area (Å²) in [6.07, 6.45) is 19.3. The molecule has 5 aromatic rings. The molecule has 0 saturated carbocycles. The Labute approximate surface area is 271 Å². The van der Waals surface area contributed by atoms with E-state index in [9.17, 15) is 0 Å². The maximum absolute atomic E-state index is 5.00. The topological polar surface area (TPSA) is 37.1 Å². The summed E-state index contributed by atoms with van der Waals surface area (Å²) < 4.78 is 0. The number of nitrogens with zero attached hydrogens (tertiary/aromatic N) is 3. The zero-order valence-corrected chi connectivity index (χ0v) is 26.0. The van der Waals surface area contributed by atoms with Gasteiger partial charge in [0.05, 0.1) is 0 Å². The first-order valence-corrected chi connectivity index (χ1v) is 15.9. The number of amidine groups is 2. The van der Waals surface area contributed by atoms with E-state index in [-0.39, 0.29) is 0 Å². The third-order valence-electron chi connectivity index (χ3n) is 8.71. The predicted octanol–water partition coefficient (Wildman–Crippen LogP) is 10.6. The van der Waals surface area contributed by atoms with Crippen LogP contribution in [0.2, 0.25) is 0 Å². The van der Waals surface area contributed by atoms with E-state index in [1.807, 2.05) is 67.6 Å². The molecular formula is C43H35N3. The van der Waals surface area contributed by atoms with Crippen molar-refractivity contribution < 1.29 is 0 Å². The molecule has 2 aliphatic carbocycles. The summed E-state index contributed by atoms with van der Waals surface area (Å²) >= 11 is 0. The number of aliphatic imine (C=N–C) groups is 3. The first-order chi connectivity index (χ1) is 22.7. The fourth-order valence-corrected chi connectivity index (χ4v) is 6.61. The standard InChI is InChI=1S/C43H35N3/c1-3-4-5-6-14-26-45-43(46-42(44-2)30-16-8-7-9-17-30)39-23-15-19-33-28-34-27-32(24-25-36(34)41(33)39)40-29-31-18-10-11-20-35(31)37-21-12-13-22-38(37)40/h3-11,13-20,22-27,29H,2,12,21,28H2,1H3/b4-3+,6-5-,26-14-,45-43-,46-42-. The highest BCUT2D eigenvalue weighted by molar-refractivity contribution is 6.15. The number of rotatable bonds is 6. The third-order valence-corrected chi connectivity index (χ3v) is 8.71. The van der Waals surface area contributed by atoms with Crippen LogP contribution in [0.15, 0.2) is 155 Å². The molecule has 3 heteroatoms. The molecule has 0 heterocycles. The van der Waals surface area contributed by atoms with Gasteiger partial charge in [-0.3, -0.25) is 0 Å². The summed E-state index contributed by atoms with van der Waals surface area (Å²) in [7, 11) is 0. The average Bonchev–Trinajstić information content (AvgIpc) is 3.49. The molecule has 0 atom stereocenters. The van der Waals surface area contributed by atoms with Crippen molar-refractivity contribution in [2.24, 2.45) is 15.0 Å². The van der Waals surface area contributed by atoms with E-state index in [4.69, 9.17) is 9.98 Å². The van der Waals surface area contributed by atoms with E-state index in [1.54, 1.807) is 6.20 Å². The van der Waals surface area contributed by atoms with Gasteiger partial charge in [0.15, 0.2) is 11.7 Å². The van der Waals surface area contributed by atoms with Crippen molar-refractivity contribution in [2.45, 2.75) is 26.2 Å². The van der Waals surface area contributed by atoms with E-state index in [1.165, 1.54) is 55.3 Å². The van der Waals surface area contributed by atoms with Crippen LogP contribution in [0.1, 0.15) is 46.7 Å². The largest absolute Gasteiger partial charge is 0.244 e. The molecule has 0 N–H and O–H groups in total. The van der Waals surface area contributed by atoms with Gasteiger partial charge in [-0.15, -0.1) is 0 Å². The Bertz CT molecular complexity index is 2140. The average molecular weight is 594 g/mol.